The highest BCUT2D eigenvalue weighted by Crippen LogP contribution is 2.28. The maximum atomic E-state index is 11.3. The summed E-state index contributed by atoms with van der Waals surface area (Å²) in [4.78, 5) is 22.3. The van der Waals surface area contributed by atoms with Gasteiger partial charge in [-0.05, 0) is 23.6 Å². The van der Waals surface area contributed by atoms with Gasteiger partial charge in [-0.1, -0.05) is 42.5 Å². The average molecular weight is 240 g/mol. The van der Waals surface area contributed by atoms with E-state index >= 15 is 0 Å². The second kappa shape index (κ2) is 4.84. The normalized spacial score (nSPS) is 10.1. The van der Waals surface area contributed by atoms with Gasteiger partial charge >= 0.3 is 5.97 Å². The number of carbonyl (C=O) groups is 2. The number of aryl methyl sites for hydroxylation is 1. The molecule has 0 unspecified atom stereocenters. The Morgan fingerprint density at radius 3 is 2.39 bits per heavy atom. The maximum absolute atomic E-state index is 11.3. The van der Waals surface area contributed by atoms with Crippen LogP contribution in [0.25, 0.3) is 11.1 Å². The summed E-state index contributed by atoms with van der Waals surface area (Å²) in [6, 6.07) is 12.2. The summed E-state index contributed by atoms with van der Waals surface area (Å²) in [6.45, 7) is 1.75. The fourth-order valence-electron chi connectivity index (χ4n) is 2.02. The zero-order chi connectivity index (χ0) is 13.1. The number of rotatable bonds is 3. The number of hydrogen-bond acceptors (Lipinski definition) is 2. The number of aldehydes is 1. The first kappa shape index (κ1) is 12.0. The van der Waals surface area contributed by atoms with Gasteiger partial charge in [0.1, 0.15) is 0 Å². The van der Waals surface area contributed by atoms with Crippen molar-refractivity contribution < 1.29 is 14.7 Å². The van der Waals surface area contributed by atoms with Gasteiger partial charge in [0, 0.05) is 5.56 Å². The van der Waals surface area contributed by atoms with Crippen molar-refractivity contribution in [1.82, 2.24) is 0 Å². The van der Waals surface area contributed by atoms with Gasteiger partial charge in [0.25, 0.3) is 0 Å². The zero-order valence-corrected chi connectivity index (χ0v) is 9.88. The lowest BCUT2D eigenvalue weighted by Crippen LogP contribution is -2.03. The van der Waals surface area contributed by atoms with Crippen molar-refractivity contribution in [3.8, 4) is 11.1 Å². The molecule has 2 aromatic carbocycles. The third kappa shape index (κ3) is 2.02. The van der Waals surface area contributed by atoms with Crippen LogP contribution < -0.4 is 0 Å². The van der Waals surface area contributed by atoms with E-state index in [0.717, 1.165) is 6.29 Å². The number of carboxylic acid groups (broad SMARTS) is 1. The average Bonchev–Trinajstić information content (AvgIpc) is 2.38. The van der Waals surface area contributed by atoms with Crippen molar-refractivity contribution in [3.05, 3.63) is 59.2 Å². The fraction of sp³-hybridized carbons (Fsp3) is 0.0667. The van der Waals surface area contributed by atoms with Crippen molar-refractivity contribution >= 4 is 12.3 Å². The largest absolute Gasteiger partial charge is 0.478 e. The van der Waals surface area contributed by atoms with Gasteiger partial charge in [-0.2, -0.15) is 0 Å². The summed E-state index contributed by atoms with van der Waals surface area (Å²) >= 11 is 0. The van der Waals surface area contributed by atoms with Crippen LogP contribution in [0.1, 0.15) is 26.3 Å². The molecule has 0 saturated heterocycles. The molecule has 0 amide bonds. The standard InChI is InChI=1S/C15H12O3/c1-10-5-4-8-13(14(10)15(17)18)12-7-3-2-6-11(12)9-16/h2-9H,1H3,(H,17,18). The SMILES string of the molecule is Cc1cccc(-c2ccccc2C=O)c1C(=O)O. The Morgan fingerprint density at radius 2 is 1.72 bits per heavy atom. The quantitative estimate of drug-likeness (QED) is 0.838. The summed E-state index contributed by atoms with van der Waals surface area (Å²) < 4.78 is 0. The molecule has 0 atom stereocenters. The molecule has 2 aromatic rings. The second-order valence-electron chi connectivity index (χ2n) is 4.01. The molecule has 0 fully saturated rings. The Bertz CT molecular complexity index is 615. The topological polar surface area (TPSA) is 54.4 Å². The zero-order valence-electron chi connectivity index (χ0n) is 9.88. The molecule has 0 aliphatic carbocycles. The van der Waals surface area contributed by atoms with Crippen LogP contribution >= 0.6 is 0 Å². The van der Waals surface area contributed by atoms with Crippen LogP contribution in [0.2, 0.25) is 0 Å². The fourth-order valence-corrected chi connectivity index (χ4v) is 2.02. The minimum atomic E-state index is -0.983. The number of benzene rings is 2. The highest BCUT2D eigenvalue weighted by Gasteiger charge is 2.15. The highest BCUT2D eigenvalue weighted by molar-refractivity contribution is 6.00. The lowest BCUT2D eigenvalue weighted by molar-refractivity contribution is 0.0696. The van der Waals surface area contributed by atoms with Crippen LogP contribution in [0.5, 0.6) is 0 Å². The van der Waals surface area contributed by atoms with Gasteiger partial charge in [0.15, 0.2) is 6.29 Å². The van der Waals surface area contributed by atoms with E-state index in [4.69, 9.17) is 0 Å². The summed E-state index contributed by atoms with van der Waals surface area (Å²) in [5, 5.41) is 9.28. The van der Waals surface area contributed by atoms with Gasteiger partial charge in [0.05, 0.1) is 5.56 Å². The van der Waals surface area contributed by atoms with Crippen LogP contribution in [-0.2, 0) is 0 Å². The predicted molar refractivity (Wildman–Crippen MR) is 69.0 cm³/mol. The van der Waals surface area contributed by atoms with Crippen LogP contribution in [0.4, 0.5) is 0 Å². The van der Waals surface area contributed by atoms with E-state index in [-0.39, 0.29) is 5.56 Å². The molecule has 0 aliphatic rings. The van der Waals surface area contributed by atoms with Crippen LogP contribution in [0, 0.1) is 6.92 Å². The molecule has 0 bridgehead atoms. The van der Waals surface area contributed by atoms with E-state index in [0.29, 0.717) is 22.3 Å². The van der Waals surface area contributed by atoms with E-state index in [1.165, 1.54) is 0 Å². The van der Waals surface area contributed by atoms with Crippen LogP contribution in [-0.4, -0.2) is 17.4 Å². The number of aromatic carboxylic acids is 1. The van der Waals surface area contributed by atoms with E-state index < -0.39 is 5.97 Å². The molecule has 0 aromatic heterocycles. The van der Waals surface area contributed by atoms with E-state index in [1.54, 1.807) is 49.4 Å². The van der Waals surface area contributed by atoms with Crippen molar-refractivity contribution in [2.24, 2.45) is 0 Å². The molecule has 0 heterocycles. The number of hydrogen-bond donors (Lipinski definition) is 1. The Balaban J connectivity index is 2.75. The molecule has 0 spiro atoms. The van der Waals surface area contributed by atoms with Gasteiger partial charge in [-0.25, -0.2) is 4.79 Å². The van der Waals surface area contributed by atoms with Gasteiger partial charge in [0.2, 0.25) is 0 Å². The molecular formula is C15H12O3. The van der Waals surface area contributed by atoms with Gasteiger partial charge < -0.3 is 5.11 Å². The summed E-state index contributed by atoms with van der Waals surface area (Å²) in [7, 11) is 0. The third-order valence-electron chi connectivity index (χ3n) is 2.86. The van der Waals surface area contributed by atoms with Crippen molar-refractivity contribution in [1.29, 1.82) is 0 Å². The smallest absolute Gasteiger partial charge is 0.336 e. The monoisotopic (exact) mass is 240 g/mol. The molecule has 0 saturated carbocycles. The van der Waals surface area contributed by atoms with E-state index in [9.17, 15) is 14.7 Å². The Morgan fingerprint density at radius 1 is 1.06 bits per heavy atom. The summed E-state index contributed by atoms with van der Waals surface area (Å²) in [6.07, 6.45) is 0.739. The minimum absolute atomic E-state index is 0.242. The first-order chi connectivity index (χ1) is 8.65. The van der Waals surface area contributed by atoms with Crippen molar-refractivity contribution in [2.75, 3.05) is 0 Å². The molecule has 0 radical (unpaired) electrons. The molecule has 2 rings (SSSR count). The first-order valence-corrected chi connectivity index (χ1v) is 5.52. The van der Waals surface area contributed by atoms with Crippen molar-refractivity contribution in [3.63, 3.8) is 0 Å². The summed E-state index contributed by atoms with van der Waals surface area (Å²) in [5.41, 5.74) is 2.64. The molecule has 3 nitrogen and oxygen atoms in total. The van der Waals surface area contributed by atoms with Crippen LogP contribution in [0.3, 0.4) is 0 Å². The van der Waals surface area contributed by atoms with Gasteiger partial charge in [-0.3, -0.25) is 4.79 Å². The van der Waals surface area contributed by atoms with Gasteiger partial charge in [-0.15, -0.1) is 0 Å². The Kier molecular flexibility index (Phi) is 3.24. The lowest BCUT2D eigenvalue weighted by atomic mass is 9.93. The minimum Gasteiger partial charge on any atom is -0.478 e. The Labute approximate surface area is 105 Å². The third-order valence-corrected chi connectivity index (χ3v) is 2.86. The molecule has 0 aliphatic heterocycles. The molecule has 3 heteroatoms. The molecule has 90 valence electrons. The van der Waals surface area contributed by atoms with E-state index in [2.05, 4.69) is 0 Å². The van der Waals surface area contributed by atoms with E-state index in [1.807, 2.05) is 0 Å². The number of carbonyl (C=O) groups excluding carboxylic acids is 1. The first-order valence-electron chi connectivity index (χ1n) is 5.52. The predicted octanol–water partition coefficient (Wildman–Crippen LogP) is 3.17. The van der Waals surface area contributed by atoms with Crippen LogP contribution in [0.15, 0.2) is 42.5 Å². The number of carboxylic acids is 1. The second-order valence-corrected chi connectivity index (χ2v) is 4.01. The van der Waals surface area contributed by atoms with Crippen molar-refractivity contribution in [2.45, 2.75) is 6.92 Å². The lowest BCUT2D eigenvalue weighted by Gasteiger charge is -2.10. The molecule has 18 heavy (non-hydrogen) atoms. The molecule has 1 N–H and O–H groups in total. The highest BCUT2D eigenvalue weighted by atomic mass is 16.4. The maximum Gasteiger partial charge on any atom is 0.336 e. The summed E-state index contributed by atoms with van der Waals surface area (Å²) in [5.74, 6) is -0.983. The molecular weight excluding hydrogens is 228 g/mol. The Hall–Kier alpha value is -2.42.